The standard InChI is InChI=1S/C31H39N7O6.C30H37N7O5/c1-20-28(39)29(40)27(44-31(20)42-2)19-38-18-26(35-36-38)17-34-30(41)24(16-32)14-21-3-4-23-15-25(6-5-22(23)13-21)33-7-8-37-9-11-43-12-10-37;1-19-27(38)28(39)26(42-30(19)41-3)18-37-17-24(33-34-37)16-32-29(40)23(15-31)13-20-4-5-22-14-25(7-6-21(22)12-20)36-10-8-35(2)9-11-36/h3-6,13-15,18,20,27-29,31,33,39-40H,7-12,17,19H2,1-2H3,(H,34,41);4-7,12-14,17,19,26-28,30,38-39H,8-11,16,18H2,1-3H3,(H,32,40)/b24-14+;23-13+/t20-,27-,28-,29-,31+;19-,26-,27-,28-,30+/m11/s1. The zero-order valence-corrected chi connectivity index (χ0v) is 49.0. The van der Waals surface area contributed by atoms with Crippen molar-refractivity contribution < 1.29 is 53.7 Å². The number of fused-ring (bicyclic) bond motifs is 2. The first-order chi connectivity index (χ1) is 41.6. The summed E-state index contributed by atoms with van der Waals surface area (Å²) < 4.78 is 30.4. The molecule has 456 valence electrons. The number of nitrogens with one attached hydrogen (secondary N) is 3. The van der Waals surface area contributed by atoms with E-state index in [-0.39, 0.29) is 43.2 Å². The number of piperazine rings is 1. The number of benzene rings is 4. The van der Waals surface area contributed by atoms with Crippen molar-refractivity contribution in [1.29, 1.82) is 10.5 Å². The molecule has 10 atom stereocenters. The fourth-order valence-corrected chi connectivity index (χ4v) is 10.8. The zero-order chi connectivity index (χ0) is 60.9. The largest absolute Gasteiger partial charge is 0.390 e. The number of ether oxygens (including phenoxy) is 5. The molecule has 25 nitrogen and oxygen atoms in total. The summed E-state index contributed by atoms with van der Waals surface area (Å²) in [4.78, 5) is 32.7. The Hall–Kier alpha value is -7.76. The second kappa shape index (κ2) is 29.6. The summed E-state index contributed by atoms with van der Waals surface area (Å²) in [7, 11) is 5.10. The topological polar surface area (TPSA) is 316 Å². The number of nitrogens with zero attached hydrogens (tertiary/aromatic N) is 11. The predicted molar refractivity (Wildman–Crippen MR) is 318 cm³/mol. The van der Waals surface area contributed by atoms with E-state index in [0.29, 0.717) is 11.4 Å². The molecule has 7 N–H and O–H groups in total. The number of rotatable bonds is 19. The van der Waals surface area contributed by atoms with E-state index in [2.05, 4.69) is 82.6 Å². The van der Waals surface area contributed by atoms with Crippen LogP contribution in [-0.4, -0.2) is 208 Å². The van der Waals surface area contributed by atoms with Crippen molar-refractivity contribution in [2.45, 2.75) is 89.2 Å². The van der Waals surface area contributed by atoms with Crippen LogP contribution in [0.4, 0.5) is 11.4 Å². The minimum atomic E-state index is -1.12. The quantitative estimate of drug-likeness (QED) is 0.0452. The number of carbonyl (C=O) groups is 2. The fourth-order valence-electron chi connectivity index (χ4n) is 10.8. The normalized spacial score (nSPS) is 25.0. The van der Waals surface area contributed by atoms with Gasteiger partial charge in [0.15, 0.2) is 12.6 Å². The maximum atomic E-state index is 12.8. The highest BCUT2D eigenvalue weighted by Crippen LogP contribution is 2.30. The molecule has 4 aromatic carbocycles. The summed E-state index contributed by atoms with van der Waals surface area (Å²) in [6.45, 7) is 13.2. The van der Waals surface area contributed by atoms with Gasteiger partial charge in [0, 0.05) is 89.8 Å². The lowest BCUT2D eigenvalue weighted by Gasteiger charge is -2.40. The number of likely N-dealkylation sites (N-methyl/N-ethyl adjacent to an activating group) is 1. The average molecular weight is 1180 g/mol. The molecule has 4 aliphatic heterocycles. The number of anilines is 2. The third-order valence-electron chi connectivity index (χ3n) is 16.0. The van der Waals surface area contributed by atoms with Gasteiger partial charge in [-0.3, -0.25) is 14.5 Å². The molecule has 6 heterocycles. The lowest BCUT2D eigenvalue weighted by Crippen LogP contribution is -2.55. The Labute approximate surface area is 498 Å². The van der Waals surface area contributed by atoms with Crippen molar-refractivity contribution in [3.05, 3.63) is 119 Å². The number of methoxy groups -OCH3 is 2. The van der Waals surface area contributed by atoms with Crippen LogP contribution in [0.3, 0.4) is 0 Å². The lowest BCUT2D eigenvalue weighted by atomic mass is 9.92. The zero-order valence-electron chi connectivity index (χ0n) is 49.0. The number of carbonyl (C=O) groups excluding carboxylic acids is 2. The predicted octanol–water partition coefficient (Wildman–Crippen LogP) is 2.26. The van der Waals surface area contributed by atoms with Gasteiger partial charge in [0.1, 0.15) is 59.1 Å². The second-order valence-electron chi connectivity index (χ2n) is 22.1. The van der Waals surface area contributed by atoms with E-state index in [1.54, 1.807) is 38.4 Å². The number of aromatic nitrogens is 6. The number of morpholine rings is 1. The van der Waals surface area contributed by atoms with Crippen LogP contribution in [0.5, 0.6) is 0 Å². The molecule has 0 saturated carbocycles. The molecule has 0 unspecified atom stereocenters. The molecule has 10 rings (SSSR count). The van der Waals surface area contributed by atoms with Gasteiger partial charge in [-0.1, -0.05) is 60.7 Å². The molecule has 86 heavy (non-hydrogen) atoms. The molecule has 0 bridgehead atoms. The van der Waals surface area contributed by atoms with E-state index in [1.807, 2.05) is 60.7 Å². The molecule has 2 amide bonds. The first kappa shape index (κ1) is 62.8. The number of aliphatic hydroxyl groups excluding tert-OH is 4. The van der Waals surface area contributed by atoms with Crippen LogP contribution in [0.2, 0.25) is 0 Å². The van der Waals surface area contributed by atoms with Crippen LogP contribution < -0.4 is 20.9 Å². The lowest BCUT2D eigenvalue weighted by molar-refractivity contribution is -0.272. The van der Waals surface area contributed by atoms with Crippen molar-refractivity contribution in [2.24, 2.45) is 11.8 Å². The first-order valence-electron chi connectivity index (χ1n) is 28.8. The minimum absolute atomic E-state index is 0.0248. The molecule has 2 aromatic heterocycles. The number of hydrogen-bond acceptors (Lipinski definition) is 21. The molecule has 6 aromatic rings. The molecule has 0 radical (unpaired) electrons. The van der Waals surface area contributed by atoms with E-state index >= 15 is 0 Å². The summed E-state index contributed by atoms with van der Waals surface area (Å²) in [6, 6.07) is 28.1. The summed E-state index contributed by atoms with van der Waals surface area (Å²) in [5, 5.41) is 90.1. The Balaban J connectivity index is 0.000000206. The van der Waals surface area contributed by atoms with E-state index in [4.69, 9.17) is 23.7 Å². The van der Waals surface area contributed by atoms with Gasteiger partial charge in [0.05, 0.1) is 64.0 Å². The highest BCUT2D eigenvalue weighted by Gasteiger charge is 2.44. The van der Waals surface area contributed by atoms with Crippen LogP contribution in [-0.2, 0) is 59.5 Å². The van der Waals surface area contributed by atoms with Gasteiger partial charge in [0.25, 0.3) is 11.8 Å². The van der Waals surface area contributed by atoms with Crippen molar-refractivity contribution >= 4 is 56.9 Å². The summed E-state index contributed by atoms with van der Waals surface area (Å²) in [5.74, 6) is -1.84. The van der Waals surface area contributed by atoms with Gasteiger partial charge in [-0.05, 0) is 88.3 Å². The Kier molecular flexibility index (Phi) is 21.6. The van der Waals surface area contributed by atoms with Crippen LogP contribution >= 0.6 is 0 Å². The number of nitriles is 2. The Morgan fingerprint density at radius 1 is 0.651 bits per heavy atom. The average Bonchev–Trinajstić information content (AvgIpc) is 3.91. The molecule has 0 aliphatic carbocycles. The Morgan fingerprint density at radius 2 is 1.13 bits per heavy atom. The van der Waals surface area contributed by atoms with Crippen LogP contribution in [0.15, 0.2) is 96.3 Å². The molecule has 0 spiro atoms. The van der Waals surface area contributed by atoms with Crippen molar-refractivity contribution in [3.8, 4) is 12.1 Å². The molecule has 4 aliphatic rings. The minimum Gasteiger partial charge on any atom is -0.390 e. The van der Waals surface area contributed by atoms with Gasteiger partial charge in [-0.15, -0.1) is 10.2 Å². The number of hydrogen-bond donors (Lipinski definition) is 7. The highest BCUT2D eigenvalue weighted by atomic mass is 16.7. The summed E-state index contributed by atoms with van der Waals surface area (Å²) >= 11 is 0. The summed E-state index contributed by atoms with van der Waals surface area (Å²) in [6.07, 6.45) is -0.736. The van der Waals surface area contributed by atoms with Crippen LogP contribution in [0, 0.1) is 34.5 Å². The van der Waals surface area contributed by atoms with Gasteiger partial charge in [-0.2, -0.15) is 10.5 Å². The Bertz CT molecular complexity index is 3420. The molecular formula is C61H76N14O11. The summed E-state index contributed by atoms with van der Waals surface area (Å²) in [5.41, 5.74) is 4.58. The first-order valence-corrected chi connectivity index (χ1v) is 28.8. The van der Waals surface area contributed by atoms with Crippen LogP contribution in [0.25, 0.3) is 33.7 Å². The van der Waals surface area contributed by atoms with Gasteiger partial charge < -0.3 is 69.9 Å². The smallest absolute Gasteiger partial charge is 0.262 e. The Morgan fingerprint density at radius 3 is 1.63 bits per heavy atom. The van der Waals surface area contributed by atoms with E-state index < -0.39 is 66.9 Å². The van der Waals surface area contributed by atoms with Crippen LogP contribution in [0.1, 0.15) is 36.4 Å². The van der Waals surface area contributed by atoms with E-state index in [1.165, 1.54) is 29.3 Å². The molecule has 4 saturated heterocycles. The van der Waals surface area contributed by atoms with E-state index in [0.717, 1.165) is 104 Å². The molecular weight excluding hydrogens is 1100 g/mol. The monoisotopic (exact) mass is 1180 g/mol. The SMILES string of the molecule is CO[C@H]1O[C@H](Cn2cc(CNC(=O)/C(C#N)=C/c3ccc4cc(N5CCN(C)CC5)ccc4c3)nn2)[C@@H](O)[C@H](O)[C@H]1C.CO[C@H]1O[C@H](Cn2cc(CNC(=O)/C(C#N)=C/c3ccc4cc(NCCN5CCOCC5)ccc4c3)nn2)[C@@H](O)[C@H](O)[C@H]1C. The van der Waals surface area contributed by atoms with Gasteiger partial charge >= 0.3 is 0 Å². The number of aliphatic hydroxyl groups is 4. The highest BCUT2D eigenvalue weighted by molar-refractivity contribution is 6.03. The third-order valence-corrected chi connectivity index (χ3v) is 16.0. The molecule has 4 fully saturated rings. The third kappa shape index (κ3) is 16.0. The maximum absolute atomic E-state index is 12.8. The molecule has 25 heteroatoms. The van der Waals surface area contributed by atoms with Crippen molar-refractivity contribution in [3.63, 3.8) is 0 Å². The second-order valence-corrected chi connectivity index (χ2v) is 22.1. The van der Waals surface area contributed by atoms with E-state index in [9.17, 15) is 40.5 Å². The fraction of sp³-hybridized carbons (Fsp3) is 0.475. The van der Waals surface area contributed by atoms with Gasteiger partial charge in [-0.25, -0.2) is 9.36 Å². The van der Waals surface area contributed by atoms with Crippen molar-refractivity contribution in [2.75, 3.05) is 97.1 Å². The van der Waals surface area contributed by atoms with Gasteiger partial charge in [0.2, 0.25) is 0 Å². The maximum Gasteiger partial charge on any atom is 0.262 e. The number of amides is 2. The van der Waals surface area contributed by atoms with Crippen molar-refractivity contribution in [1.82, 2.24) is 50.4 Å².